The molecule has 8 heteroatoms. The number of nitrogens with one attached hydrogen (secondary N) is 1. The third-order valence-corrected chi connectivity index (χ3v) is 3.04. The van der Waals surface area contributed by atoms with Crippen molar-refractivity contribution in [2.75, 3.05) is 26.4 Å². The van der Waals surface area contributed by atoms with Crippen molar-refractivity contribution in [1.82, 2.24) is 10.2 Å². The molecule has 1 atom stereocenters. The smallest absolute Gasteiger partial charge is 0.330 e. The molecule has 0 aromatic heterocycles. The highest BCUT2D eigenvalue weighted by Crippen LogP contribution is 2.20. The van der Waals surface area contributed by atoms with Gasteiger partial charge in [-0.15, -0.1) is 0 Å². The van der Waals surface area contributed by atoms with E-state index in [1.807, 2.05) is 0 Å². The lowest BCUT2D eigenvalue weighted by atomic mass is 10.0. The van der Waals surface area contributed by atoms with Gasteiger partial charge in [-0.2, -0.15) is 0 Å². The molecule has 21 heavy (non-hydrogen) atoms. The Hall–Kier alpha value is -1.93. The lowest BCUT2D eigenvalue weighted by Gasteiger charge is -2.29. The van der Waals surface area contributed by atoms with Crippen molar-refractivity contribution in [3.63, 3.8) is 0 Å². The number of imide groups is 1. The van der Waals surface area contributed by atoms with Crippen LogP contribution in [-0.2, 0) is 19.1 Å². The number of carbonyl (C=O) groups excluding carboxylic acids is 3. The van der Waals surface area contributed by atoms with Crippen LogP contribution in [0.25, 0.3) is 0 Å². The zero-order valence-electron chi connectivity index (χ0n) is 12.1. The van der Waals surface area contributed by atoms with Crippen molar-refractivity contribution in [3.05, 3.63) is 12.7 Å². The molecular formula is C13H20N2O6. The van der Waals surface area contributed by atoms with Crippen molar-refractivity contribution in [1.29, 1.82) is 0 Å². The molecule has 1 rings (SSSR count). The first kappa shape index (κ1) is 17.1. The van der Waals surface area contributed by atoms with Crippen LogP contribution in [0.3, 0.4) is 0 Å². The van der Waals surface area contributed by atoms with Gasteiger partial charge >= 0.3 is 12.0 Å². The number of aliphatic hydroxyl groups is 1. The molecule has 1 aliphatic heterocycles. The SMILES string of the molecule is C=CC(=O)OCCOCC(O)CN1C(=O)NC(=O)C1(C)C. The summed E-state index contributed by atoms with van der Waals surface area (Å²) in [5.74, 6) is -0.954. The third kappa shape index (κ3) is 4.54. The largest absolute Gasteiger partial charge is 0.460 e. The topological polar surface area (TPSA) is 105 Å². The summed E-state index contributed by atoms with van der Waals surface area (Å²) in [4.78, 5) is 35.1. The van der Waals surface area contributed by atoms with Crippen LogP contribution in [0.5, 0.6) is 0 Å². The molecule has 0 spiro atoms. The number of esters is 1. The van der Waals surface area contributed by atoms with Gasteiger partial charge in [-0.05, 0) is 13.8 Å². The Balaban J connectivity index is 2.29. The first-order valence-electron chi connectivity index (χ1n) is 6.47. The van der Waals surface area contributed by atoms with Crippen LogP contribution < -0.4 is 5.32 Å². The minimum Gasteiger partial charge on any atom is -0.460 e. The summed E-state index contributed by atoms with van der Waals surface area (Å²) in [6.07, 6.45) is 0.0935. The van der Waals surface area contributed by atoms with Crippen LogP contribution in [0.1, 0.15) is 13.8 Å². The maximum absolute atomic E-state index is 11.6. The van der Waals surface area contributed by atoms with E-state index in [0.717, 1.165) is 6.08 Å². The molecule has 0 radical (unpaired) electrons. The number of amides is 3. The molecule has 0 saturated carbocycles. The molecule has 1 fully saturated rings. The van der Waals surface area contributed by atoms with Crippen LogP contribution in [0, 0.1) is 0 Å². The average Bonchev–Trinajstić information content (AvgIpc) is 2.60. The average molecular weight is 300 g/mol. The number of urea groups is 1. The Morgan fingerprint density at radius 2 is 2.14 bits per heavy atom. The lowest BCUT2D eigenvalue weighted by molar-refractivity contribution is -0.139. The second-order valence-electron chi connectivity index (χ2n) is 5.03. The number of hydrogen-bond donors (Lipinski definition) is 2. The molecule has 1 saturated heterocycles. The Morgan fingerprint density at radius 3 is 2.67 bits per heavy atom. The summed E-state index contributed by atoms with van der Waals surface area (Å²) in [5.41, 5.74) is -1.00. The highest BCUT2D eigenvalue weighted by Gasteiger charge is 2.45. The summed E-state index contributed by atoms with van der Waals surface area (Å²) in [7, 11) is 0. The Labute approximate surface area is 122 Å². The monoisotopic (exact) mass is 300 g/mol. The summed E-state index contributed by atoms with van der Waals surface area (Å²) >= 11 is 0. The summed E-state index contributed by atoms with van der Waals surface area (Å²) < 4.78 is 9.81. The van der Waals surface area contributed by atoms with Crippen molar-refractivity contribution in [3.8, 4) is 0 Å². The van der Waals surface area contributed by atoms with E-state index in [0.29, 0.717) is 0 Å². The highest BCUT2D eigenvalue weighted by atomic mass is 16.6. The predicted octanol–water partition coefficient (Wildman–Crippen LogP) is -0.576. The van der Waals surface area contributed by atoms with E-state index >= 15 is 0 Å². The second kappa shape index (κ2) is 7.19. The number of hydrogen-bond acceptors (Lipinski definition) is 6. The van der Waals surface area contributed by atoms with Gasteiger partial charge in [0.1, 0.15) is 12.1 Å². The number of rotatable bonds is 8. The molecular weight excluding hydrogens is 280 g/mol. The number of carbonyl (C=O) groups is 3. The Kier molecular flexibility index (Phi) is 5.86. The fraction of sp³-hybridized carbons (Fsp3) is 0.615. The van der Waals surface area contributed by atoms with Crippen LogP contribution in [-0.4, -0.2) is 65.9 Å². The van der Waals surface area contributed by atoms with E-state index in [2.05, 4.69) is 16.6 Å². The molecule has 1 heterocycles. The van der Waals surface area contributed by atoms with Crippen LogP contribution in [0.4, 0.5) is 4.79 Å². The number of aliphatic hydroxyl groups excluding tert-OH is 1. The zero-order valence-corrected chi connectivity index (χ0v) is 12.1. The zero-order chi connectivity index (χ0) is 16.0. The van der Waals surface area contributed by atoms with Crippen molar-refractivity contribution >= 4 is 17.9 Å². The third-order valence-electron chi connectivity index (χ3n) is 3.04. The molecule has 1 unspecified atom stereocenters. The van der Waals surface area contributed by atoms with E-state index < -0.39 is 29.6 Å². The first-order chi connectivity index (χ1) is 9.78. The molecule has 0 aliphatic carbocycles. The van der Waals surface area contributed by atoms with Gasteiger partial charge in [0.05, 0.1) is 25.9 Å². The molecule has 1 aliphatic rings. The Morgan fingerprint density at radius 1 is 1.48 bits per heavy atom. The quantitative estimate of drug-likeness (QED) is 0.269. The van der Waals surface area contributed by atoms with Crippen molar-refractivity contribution in [2.24, 2.45) is 0 Å². The lowest BCUT2D eigenvalue weighted by Crippen LogP contribution is -2.48. The molecule has 118 valence electrons. The molecule has 3 amide bonds. The fourth-order valence-electron chi connectivity index (χ4n) is 1.75. The number of β-amino-alcohol motifs (C(OH)–C–C–N with tert-alkyl or cyclic N) is 1. The standard InChI is InChI=1S/C13H20N2O6/c1-4-10(17)21-6-5-20-8-9(16)7-15-12(19)14-11(18)13(15,2)3/h4,9,16H,1,5-8H2,2-3H3,(H,14,18,19). The summed E-state index contributed by atoms with van der Waals surface area (Å²) in [5, 5.41) is 12.0. The van der Waals surface area contributed by atoms with E-state index in [4.69, 9.17) is 4.74 Å². The normalized spacial score (nSPS) is 18.3. The van der Waals surface area contributed by atoms with Crippen LogP contribution in [0.15, 0.2) is 12.7 Å². The van der Waals surface area contributed by atoms with Crippen molar-refractivity contribution < 1.29 is 29.0 Å². The minimum absolute atomic E-state index is 0.0307. The molecule has 0 aromatic carbocycles. The number of ether oxygens (including phenoxy) is 2. The van der Waals surface area contributed by atoms with Crippen molar-refractivity contribution in [2.45, 2.75) is 25.5 Å². The minimum atomic E-state index is -1.00. The molecule has 8 nitrogen and oxygen atoms in total. The van der Waals surface area contributed by atoms with Gasteiger partial charge in [-0.3, -0.25) is 10.1 Å². The van der Waals surface area contributed by atoms with Gasteiger partial charge in [0.2, 0.25) is 0 Å². The Bertz CT molecular complexity index is 434. The van der Waals surface area contributed by atoms with Gasteiger partial charge in [0.15, 0.2) is 0 Å². The first-order valence-corrected chi connectivity index (χ1v) is 6.47. The molecule has 0 bridgehead atoms. The van der Waals surface area contributed by atoms with Crippen LogP contribution >= 0.6 is 0 Å². The van der Waals surface area contributed by atoms with Crippen LogP contribution in [0.2, 0.25) is 0 Å². The second-order valence-corrected chi connectivity index (χ2v) is 5.03. The fourth-order valence-corrected chi connectivity index (χ4v) is 1.75. The van der Waals surface area contributed by atoms with Gasteiger partial charge in [-0.1, -0.05) is 6.58 Å². The van der Waals surface area contributed by atoms with E-state index in [1.54, 1.807) is 13.8 Å². The number of nitrogens with zero attached hydrogens (tertiary/aromatic N) is 1. The summed E-state index contributed by atoms with van der Waals surface area (Å²) in [6, 6.07) is -0.538. The molecule has 2 N–H and O–H groups in total. The predicted molar refractivity (Wildman–Crippen MR) is 72.3 cm³/mol. The van der Waals surface area contributed by atoms with Gasteiger partial charge in [-0.25, -0.2) is 9.59 Å². The van der Waals surface area contributed by atoms with Gasteiger partial charge < -0.3 is 19.5 Å². The summed E-state index contributed by atoms with van der Waals surface area (Å²) in [6.45, 7) is 6.52. The van der Waals surface area contributed by atoms with E-state index in [-0.39, 0.29) is 26.4 Å². The van der Waals surface area contributed by atoms with Gasteiger partial charge in [0, 0.05) is 6.08 Å². The van der Waals surface area contributed by atoms with E-state index in [1.165, 1.54) is 4.90 Å². The maximum atomic E-state index is 11.6. The van der Waals surface area contributed by atoms with E-state index in [9.17, 15) is 19.5 Å². The highest BCUT2D eigenvalue weighted by molar-refractivity contribution is 6.06. The molecule has 0 aromatic rings. The van der Waals surface area contributed by atoms with Gasteiger partial charge in [0.25, 0.3) is 5.91 Å². The maximum Gasteiger partial charge on any atom is 0.330 e.